The molecule has 2 unspecified atom stereocenters. The fourth-order valence-corrected chi connectivity index (χ4v) is 5.46. The lowest BCUT2D eigenvalue weighted by Crippen LogP contribution is -2.43. The Bertz CT molecular complexity index is 695. The number of carbonyl (C=O) groups excluding carboxylic acids is 1. The highest BCUT2D eigenvalue weighted by atomic mass is 32.2. The molecule has 1 aliphatic rings. The molecule has 5 nitrogen and oxygen atoms in total. The summed E-state index contributed by atoms with van der Waals surface area (Å²) in [6.07, 6.45) is 0. The van der Waals surface area contributed by atoms with Crippen LogP contribution in [0.1, 0.15) is 29.2 Å². The molecule has 0 aliphatic carbocycles. The molecule has 1 saturated heterocycles. The normalized spacial score (nSPS) is 23.0. The summed E-state index contributed by atoms with van der Waals surface area (Å²) in [7, 11) is 1.89. The molecule has 0 saturated carbocycles. The average Bonchev–Trinajstić information content (AvgIpc) is 2.87. The number of aromatic nitrogens is 2. The lowest BCUT2D eigenvalue weighted by atomic mass is 10.2. The van der Waals surface area contributed by atoms with Gasteiger partial charge < -0.3 is 10.6 Å². The largest absolute Gasteiger partial charge is 0.397 e. The number of hydrogen-bond acceptors (Lipinski definition) is 5. The van der Waals surface area contributed by atoms with Gasteiger partial charge in [-0.15, -0.1) is 11.3 Å². The van der Waals surface area contributed by atoms with E-state index in [-0.39, 0.29) is 5.91 Å². The zero-order valence-electron chi connectivity index (χ0n) is 12.7. The van der Waals surface area contributed by atoms with Crippen LogP contribution < -0.4 is 5.73 Å². The second-order valence-corrected chi connectivity index (χ2v) is 8.58. The molecule has 3 heterocycles. The minimum Gasteiger partial charge on any atom is -0.397 e. The summed E-state index contributed by atoms with van der Waals surface area (Å²) in [6.45, 7) is 7.85. The third-order valence-electron chi connectivity index (χ3n) is 3.78. The highest BCUT2D eigenvalue weighted by molar-refractivity contribution is 8.00. The molecule has 0 bridgehead atoms. The van der Waals surface area contributed by atoms with Gasteiger partial charge in [-0.1, -0.05) is 13.8 Å². The van der Waals surface area contributed by atoms with E-state index in [1.165, 1.54) is 11.3 Å². The molecule has 21 heavy (non-hydrogen) atoms. The SMILES string of the molecule is Cc1nn(C)c2sc(C(=O)N3CC(C)SC(C)C3)c(N)c12. The standard InChI is InChI=1S/C14H20N4OS2/c1-7-5-18(6-8(2)20-7)13(19)12-11(15)10-9(3)16-17(4)14(10)21-12/h7-8H,5-6,15H2,1-4H3. The zero-order valence-corrected chi connectivity index (χ0v) is 14.3. The summed E-state index contributed by atoms with van der Waals surface area (Å²) in [5, 5.41) is 6.23. The minimum atomic E-state index is 0.0621. The van der Waals surface area contributed by atoms with Crippen LogP contribution in [0.4, 0.5) is 5.69 Å². The summed E-state index contributed by atoms with van der Waals surface area (Å²) in [5.74, 6) is 0.0621. The monoisotopic (exact) mass is 324 g/mol. The van der Waals surface area contributed by atoms with E-state index < -0.39 is 0 Å². The highest BCUT2D eigenvalue weighted by Gasteiger charge is 2.30. The first-order valence-electron chi connectivity index (χ1n) is 7.04. The van der Waals surface area contributed by atoms with Gasteiger partial charge in [-0.25, -0.2) is 0 Å². The first kappa shape index (κ1) is 14.7. The van der Waals surface area contributed by atoms with Crippen LogP contribution in [0.5, 0.6) is 0 Å². The third-order valence-corrected chi connectivity index (χ3v) is 6.27. The maximum atomic E-state index is 12.8. The van der Waals surface area contributed by atoms with Gasteiger partial charge in [-0.3, -0.25) is 9.48 Å². The average molecular weight is 324 g/mol. The number of nitrogens with zero attached hydrogens (tertiary/aromatic N) is 3. The predicted octanol–water partition coefficient (Wildman–Crippen LogP) is 2.49. The number of thioether (sulfide) groups is 1. The van der Waals surface area contributed by atoms with Crippen LogP contribution in [0.3, 0.4) is 0 Å². The number of amides is 1. The van der Waals surface area contributed by atoms with E-state index in [1.54, 1.807) is 4.68 Å². The van der Waals surface area contributed by atoms with Crippen LogP contribution in [0.2, 0.25) is 0 Å². The van der Waals surface area contributed by atoms with Crippen LogP contribution in [-0.2, 0) is 7.05 Å². The Morgan fingerprint density at radius 2 is 1.95 bits per heavy atom. The molecule has 2 N–H and O–H groups in total. The number of anilines is 1. The molecule has 2 aromatic heterocycles. The van der Waals surface area contributed by atoms with E-state index in [4.69, 9.17) is 5.73 Å². The predicted molar refractivity (Wildman–Crippen MR) is 90.2 cm³/mol. The fraction of sp³-hybridized carbons (Fsp3) is 0.571. The number of hydrogen-bond donors (Lipinski definition) is 1. The summed E-state index contributed by atoms with van der Waals surface area (Å²) < 4.78 is 1.81. The van der Waals surface area contributed by atoms with E-state index in [0.717, 1.165) is 29.0 Å². The molecule has 1 amide bonds. The van der Waals surface area contributed by atoms with Crippen LogP contribution in [0.15, 0.2) is 0 Å². The smallest absolute Gasteiger partial charge is 0.266 e. The van der Waals surface area contributed by atoms with Crippen molar-refractivity contribution >= 4 is 44.9 Å². The van der Waals surface area contributed by atoms with Gasteiger partial charge in [0.1, 0.15) is 9.71 Å². The van der Waals surface area contributed by atoms with Gasteiger partial charge in [0.15, 0.2) is 0 Å². The van der Waals surface area contributed by atoms with Crippen LogP contribution in [0.25, 0.3) is 10.2 Å². The van der Waals surface area contributed by atoms with Crippen molar-refractivity contribution in [3.05, 3.63) is 10.6 Å². The summed E-state index contributed by atoms with van der Waals surface area (Å²) in [6, 6.07) is 0. The number of aryl methyl sites for hydroxylation is 2. The quantitative estimate of drug-likeness (QED) is 0.875. The highest BCUT2D eigenvalue weighted by Crippen LogP contribution is 2.37. The van der Waals surface area contributed by atoms with Crippen molar-refractivity contribution in [2.45, 2.75) is 31.3 Å². The van der Waals surface area contributed by atoms with Gasteiger partial charge in [0, 0.05) is 30.6 Å². The number of fused-ring (bicyclic) bond motifs is 1. The summed E-state index contributed by atoms with van der Waals surface area (Å²) in [5.41, 5.74) is 7.71. The van der Waals surface area contributed by atoms with Crippen molar-refractivity contribution in [3.63, 3.8) is 0 Å². The molecule has 114 valence electrons. The third kappa shape index (κ3) is 2.42. The fourth-order valence-electron chi connectivity index (χ4n) is 2.98. The Kier molecular flexibility index (Phi) is 3.65. The number of carbonyl (C=O) groups is 1. The lowest BCUT2D eigenvalue weighted by molar-refractivity contribution is 0.0759. The Hall–Kier alpha value is -1.21. The molecule has 0 radical (unpaired) electrons. The van der Waals surface area contributed by atoms with E-state index in [2.05, 4.69) is 18.9 Å². The Morgan fingerprint density at radius 3 is 2.52 bits per heavy atom. The molecular weight excluding hydrogens is 304 g/mol. The van der Waals surface area contributed by atoms with Gasteiger partial charge in [0.2, 0.25) is 0 Å². The van der Waals surface area contributed by atoms with Crippen LogP contribution >= 0.6 is 23.1 Å². The number of nitrogens with two attached hydrogens (primary N) is 1. The Labute approximate surface area is 132 Å². The van der Waals surface area contributed by atoms with Gasteiger partial charge in [0.05, 0.1) is 16.8 Å². The van der Waals surface area contributed by atoms with Crippen molar-refractivity contribution in [1.29, 1.82) is 0 Å². The molecule has 3 rings (SSSR count). The molecule has 7 heteroatoms. The van der Waals surface area contributed by atoms with Gasteiger partial charge >= 0.3 is 0 Å². The molecule has 1 fully saturated rings. The second-order valence-electron chi connectivity index (χ2n) is 5.70. The molecule has 2 atom stereocenters. The van der Waals surface area contributed by atoms with Crippen molar-refractivity contribution in [2.75, 3.05) is 18.8 Å². The molecule has 1 aliphatic heterocycles. The molecule has 2 aromatic rings. The minimum absolute atomic E-state index is 0.0621. The molecular formula is C14H20N4OS2. The van der Waals surface area contributed by atoms with Gasteiger partial charge in [-0.05, 0) is 6.92 Å². The van der Waals surface area contributed by atoms with E-state index in [1.807, 2.05) is 30.6 Å². The van der Waals surface area contributed by atoms with Crippen molar-refractivity contribution in [1.82, 2.24) is 14.7 Å². The Balaban J connectivity index is 1.98. The van der Waals surface area contributed by atoms with E-state index in [0.29, 0.717) is 21.1 Å². The van der Waals surface area contributed by atoms with Gasteiger partial charge in [-0.2, -0.15) is 16.9 Å². The van der Waals surface area contributed by atoms with Crippen LogP contribution in [-0.4, -0.2) is 44.2 Å². The summed E-state index contributed by atoms with van der Waals surface area (Å²) >= 11 is 3.39. The maximum absolute atomic E-state index is 12.8. The number of nitrogen functional groups attached to an aromatic ring is 1. The summed E-state index contributed by atoms with van der Waals surface area (Å²) in [4.78, 5) is 16.4. The van der Waals surface area contributed by atoms with Crippen molar-refractivity contribution in [3.8, 4) is 0 Å². The zero-order chi connectivity index (χ0) is 15.3. The second kappa shape index (κ2) is 5.21. The Morgan fingerprint density at radius 1 is 1.33 bits per heavy atom. The van der Waals surface area contributed by atoms with Gasteiger partial charge in [0.25, 0.3) is 5.91 Å². The number of rotatable bonds is 1. The van der Waals surface area contributed by atoms with Crippen LogP contribution in [0, 0.1) is 6.92 Å². The number of thiophene rings is 1. The van der Waals surface area contributed by atoms with E-state index >= 15 is 0 Å². The van der Waals surface area contributed by atoms with Crippen molar-refractivity contribution in [2.24, 2.45) is 7.05 Å². The van der Waals surface area contributed by atoms with Crippen molar-refractivity contribution < 1.29 is 4.79 Å². The topological polar surface area (TPSA) is 64.2 Å². The molecule has 0 spiro atoms. The lowest BCUT2D eigenvalue weighted by Gasteiger charge is -2.34. The first-order chi connectivity index (χ1) is 9.88. The first-order valence-corrected chi connectivity index (χ1v) is 8.80. The molecule has 0 aromatic carbocycles. The maximum Gasteiger partial charge on any atom is 0.266 e. The van der Waals surface area contributed by atoms with E-state index in [9.17, 15) is 4.79 Å².